The van der Waals surface area contributed by atoms with Crippen molar-refractivity contribution in [2.24, 2.45) is 5.41 Å². The van der Waals surface area contributed by atoms with Gasteiger partial charge in [-0.3, -0.25) is 4.79 Å². The Labute approximate surface area is 124 Å². The third-order valence-corrected chi connectivity index (χ3v) is 4.35. The molecule has 0 radical (unpaired) electrons. The van der Waals surface area contributed by atoms with Crippen molar-refractivity contribution in [2.75, 3.05) is 5.32 Å². The minimum absolute atomic E-state index is 0.0245. The zero-order valence-corrected chi connectivity index (χ0v) is 13.0. The number of anilines is 1. The van der Waals surface area contributed by atoms with Gasteiger partial charge in [0, 0.05) is 21.2 Å². The Bertz CT molecular complexity index is 482. The van der Waals surface area contributed by atoms with Crippen LogP contribution in [0, 0.1) is 5.41 Å². The fraction of sp³-hybridized carbons (Fsp3) is 0.467. The van der Waals surface area contributed by atoms with Crippen molar-refractivity contribution in [3.63, 3.8) is 0 Å². The first-order valence-corrected chi connectivity index (χ1v) is 7.43. The van der Waals surface area contributed by atoms with Crippen LogP contribution in [0.5, 0.6) is 0 Å². The first-order valence-electron chi connectivity index (χ1n) is 6.55. The minimum Gasteiger partial charge on any atom is -0.549 e. The highest BCUT2D eigenvalue weighted by atomic mass is 32.2. The second kappa shape index (κ2) is 6.79. The second-order valence-electron chi connectivity index (χ2n) is 5.30. The molecule has 0 fully saturated rings. The van der Waals surface area contributed by atoms with Crippen molar-refractivity contribution in [1.29, 1.82) is 0 Å². The van der Waals surface area contributed by atoms with Gasteiger partial charge < -0.3 is 15.2 Å². The number of carboxylic acids is 1. The summed E-state index contributed by atoms with van der Waals surface area (Å²) in [6.07, 6.45) is 0.760. The maximum atomic E-state index is 12.0. The van der Waals surface area contributed by atoms with Gasteiger partial charge in [0.05, 0.1) is 5.97 Å². The lowest BCUT2D eigenvalue weighted by molar-refractivity contribution is -0.304. The fourth-order valence-corrected chi connectivity index (χ4v) is 2.13. The summed E-state index contributed by atoms with van der Waals surface area (Å²) in [6, 6.07) is 7.12. The number of hydrogen-bond acceptors (Lipinski definition) is 4. The molecule has 110 valence electrons. The van der Waals surface area contributed by atoms with E-state index in [0.717, 1.165) is 11.3 Å². The Morgan fingerprint density at radius 2 is 1.85 bits per heavy atom. The lowest BCUT2D eigenvalue weighted by atomic mass is 9.89. The molecule has 1 rings (SSSR count). The molecule has 0 saturated heterocycles. The minimum atomic E-state index is -1.09. The van der Waals surface area contributed by atoms with Crippen molar-refractivity contribution in [2.45, 2.75) is 44.3 Å². The van der Waals surface area contributed by atoms with Crippen LogP contribution >= 0.6 is 11.8 Å². The molecule has 1 aromatic carbocycles. The van der Waals surface area contributed by atoms with E-state index in [1.165, 1.54) is 11.8 Å². The summed E-state index contributed by atoms with van der Waals surface area (Å²) < 4.78 is 0. The van der Waals surface area contributed by atoms with Crippen LogP contribution in [-0.4, -0.2) is 17.1 Å². The van der Waals surface area contributed by atoms with Gasteiger partial charge in [-0.15, -0.1) is 11.8 Å². The molecular formula is C15H20NO3S-. The predicted octanol–water partition coefficient (Wildman–Crippen LogP) is 2.29. The summed E-state index contributed by atoms with van der Waals surface area (Å²) in [7, 11) is 0. The summed E-state index contributed by atoms with van der Waals surface area (Å²) in [4.78, 5) is 23.5. The number of carboxylic acid groups (broad SMARTS) is 1. The monoisotopic (exact) mass is 294 g/mol. The van der Waals surface area contributed by atoms with Crippen LogP contribution in [0.3, 0.4) is 0 Å². The SMILES string of the molecule is CCC(C)(C)C(=O)Nc1ccc(SC(C)C(=O)[O-])cc1. The Morgan fingerprint density at radius 1 is 1.30 bits per heavy atom. The van der Waals surface area contributed by atoms with Crippen molar-refractivity contribution in [3.8, 4) is 0 Å². The zero-order chi connectivity index (χ0) is 15.3. The number of carbonyl (C=O) groups is 2. The van der Waals surface area contributed by atoms with Gasteiger partial charge in [-0.1, -0.05) is 20.8 Å². The summed E-state index contributed by atoms with van der Waals surface area (Å²) >= 11 is 1.21. The number of amides is 1. The number of benzene rings is 1. The van der Waals surface area contributed by atoms with Gasteiger partial charge in [0.15, 0.2) is 0 Å². The van der Waals surface area contributed by atoms with Gasteiger partial charge >= 0.3 is 0 Å². The van der Waals surface area contributed by atoms with E-state index in [1.54, 1.807) is 31.2 Å². The van der Waals surface area contributed by atoms with E-state index < -0.39 is 16.6 Å². The van der Waals surface area contributed by atoms with Gasteiger partial charge in [-0.2, -0.15) is 0 Å². The van der Waals surface area contributed by atoms with Crippen LogP contribution in [0.2, 0.25) is 0 Å². The van der Waals surface area contributed by atoms with Crippen LogP contribution in [0.1, 0.15) is 34.1 Å². The van der Waals surface area contributed by atoms with E-state index in [-0.39, 0.29) is 5.91 Å². The first-order chi connectivity index (χ1) is 9.26. The summed E-state index contributed by atoms with van der Waals surface area (Å²) in [6.45, 7) is 7.35. The predicted molar refractivity (Wildman–Crippen MR) is 79.5 cm³/mol. The molecule has 0 aliphatic heterocycles. The van der Waals surface area contributed by atoms with Crippen molar-refractivity contribution in [1.82, 2.24) is 0 Å². The Hall–Kier alpha value is -1.49. The Balaban J connectivity index is 2.68. The Kier molecular flexibility index (Phi) is 5.62. The molecule has 0 aromatic heterocycles. The maximum Gasteiger partial charge on any atom is 0.230 e. The van der Waals surface area contributed by atoms with Gasteiger partial charge in [-0.25, -0.2) is 0 Å². The third kappa shape index (κ3) is 4.56. The maximum absolute atomic E-state index is 12.0. The highest BCUT2D eigenvalue weighted by Gasteiger charge is 2.25. The second-order valence-corrected chi connectivity index (χ2v) is 6.71. The standard InChI is InChI=1S/C15H21NO3S/c1-5-15(3,4)14(19)16-11-6-8-12(9-7-11)20-10(2)13(17)18/h6-10H,5H2,1-4H3,(H,16,19)(H,17,18)/p-1. The topological polar surface area (TPSA) is 69.2 Å². The molecule has 0 heterocycles. The molecule has 0 spiro atoms. The first kappa shape index (κ1) is 16.6. The molecule has 1 aromatic rings. The molecule has 4 nitrogen and oxygen atoms in total. The highest BCUT2D eigenvalue weighted by Crippen LogP contribution is 2.26. The molecule has 0 bridgehead atoms. The molecule has 1 N–H and O–H groups in total. The van der Waals surface area contributed by atoms with Crippen LogP contribution in [0.25, 0.3) is 0 Å². The molecule has 0 saturated carbocycles. The normalized spacial score (nSPS) is 12.8. The number of carbonyl (C=O) groups excluding carboxylic acids is 2. The van der Waals surface area contributed by atoms with E-state index in [4.69, 9.17) is 0 Å². The van der Waals surface area contributed by atoms with Gasteiger partial charge in [0.2, 0.25) is 5.91 Å². The summed E-state index contributed by atoms with van der Waals surface area (Å²) in [5, 5.41) is 12.9. The average Bonchev–Trinajstić information content (AvgIpc) is 2.40. The zero-order valence-electron chi connectivity index (χ0n) is 12.2. The number of aliphatic carboxylic acids is 1. The van der Waals surface area contributed by atoms with Crippen LogP contribution in [0.15, 0.2) is 29.2 Å². The number of hydrogen-bond donors (Lipinski definition) is 1. The smallest absolute Gasteiger partial charge is 0.230 e. The van der Waals surface area contributed by atoms with Crippen LogP contribution in [-0.2, 0) is 9.59 Å². The largest absolute Gasteiger partial charge is 0.549 e. The van der Waals surface area contributed by atoms with Crippen LogP contribution < -0.4 is 10.4 Å². The molecule has 0 aliphatic carbocycles. The molecule has 1 atom stereocenters. The van der Waals surface area contributed by atoms with Gasteiger partial charge in [0.25, 0.3) is 0 Å². The van der Waals surface area contributed by atoms with Crippen molar-refractivity contribution in [3.05, 3.63) is 24.3 Å². The van der Waals surface area contributed by atoms with Crippen LogP contribution in [0.4, 0.5) is 5.69 Å². The fourth-order valence-electron chi connectivity index (χ4n) is 1.33. The third-order valence-electron chi connectivity index (χ3n) is 3.26. The van der Waals surface area contributed by atoms with Crippen molar-refractivity contribution >= 4 is 29.3 Å². The molecule has 20 heavy (non-hydrogen) atoms. The summed E-state index contributed by atoms with van der Waals surface area (Å²) in [5.41, 5.74) is 0.304. The lowest BCUT2D eigenvalue weighted by Gasteiger charge is -2.21. The molecule has 1 unspecified atom stereocenters. The van der Waals surface area contributed by atoms with E-state index in [0.29, 0.717) is 5.69 Å². The van der Waals surface area contributed by atoms with E-state index in [9.17, 15) is 14.7 Å². The van der Waals surface area contributed by atoms with Gasteiger partial charge in [0.1, 0.15) is 0 Å². The highest BCUT2D eigenvalue weighted by molar-refractivity contribution is 8.00. The average molecular weight is 294 g/mol. The molecular weight excluding hydrogens is 274 g/mol. The van der Waals surface area contributed by atoms with E-state index in [1.807, 2.05) is 20.8 Å². The molecule has 1 amide bonds. The van der Waals surface area contributed by atoms with Gasteiger partial charge in [-0.05, 0) is 37.6 Å². The number of nitrogens with one attached hydrogen (secondary N) is 1. The number of thioether (sulfide) groups is 1. The summed E-state index contributed by atoms with van der Waals surface area (Å²) in [5.74, 6) is -1.11. The number of rotatable bonds is 6. The Morgan fingerprint density at radius 3 is 2.30 bits per heavy atom. The van der Waals surface area contributed by atoms with E-state index in [2.05, 4.69) is 5.32 Å². The molecule has 0 aliphatic rings. The van der Waals surface area contributed by atoms with E-state index >= 15 is 0 Å². The quantitative estimate of drug-likeness (QED) is 0.817. The molecule has 5 heteroatoms. The van der Waals surface area contributed by atoms with Crippen molar-refractivity contribution < 1.29 is 14.7 Å². The lowest BCUT2D eigenvalue weighted by Crippen LogP contribution is -2.31.